The van der Waals surface area contributed by atoms with Crippen LogP contribution in [0.25, 0.3) is 0 Å². The number of halogens is 1. The van der Waals surface area contributed by atoms with Crippen LogP contribution in [0, 0.1) is 23.6 Å². The lowest BCUT2D eigenvalue weighted by atomic mass is 9.84. The molecule has 2 aliphatic carbocycles. The fraction of sp³-hybridized carbons (Fsp3) is 0.619. The number of carbonyl (C=O) groups is 2. The fourth-order valence-corrected chi connectivity index (χ4v) is 6.25. The van der Waals surface area contributed by atoms with Crippen LogP contribution in [0.2, 0.25) is 0 Å². The Bertz CT molecular complexity index is 711. The maximum Gasteiger partial charge on any atom is 0.243 e. The van der Waals surface area contributed by atoms with Gasteiger partial charge in [-0.2, -0.15) is 0 Å². The third-order valence-corrected chi connectivity index (χ3v) is 7.84. The van der Waals surface area contributed by atoms with Crippen molar-refractivity contribution in [2.75, 3.05) is 5.75 Å². The van der Waals surface area contributed by atoms with Gasteiger partial charge >= 0.3 is 0 Å². The first kappa shape index (κ1) is 18.8. The Labute approximate surface area is 164 Å². The van der Waals surface area contributed by atoms with Gasteiger partial charge in [0.05, 0.1) is 5.25 Å². The number of hydrogen-bond donors (Lipinski definition) is 2. The van der Waals surface area contributed by atoms with Gasteiger partial charge in [0, 0.05) is 11.8 Å². The van der Waals surface area contributed by atoms with Crippen LogP contribution in [0.1, 0.15) is 38.2 Å². The summed E-state index contributed by atoms with van der Waals surface area (Å²) in [6, 6.07) is 5.94. The molecule has 3 aliphatic rings. The number of rotatable bonds is 5. The maximum absolute atomic E-state index is 13.0. The fourth-order valence-electron chi connectivity index (χ4n) is 5.06. The summed E-state index contributed by atoms with van der Waals surface area (Å²) in [6.45, 7) is 2.11. The van der Waals surface area contributed by atoms with E-state index in [1.54, 1.807) is 12.1 Å². The molecule has 0 radical (unpaired) electrons. The number of amides is 2. The van der Waals surface area contributed by atoms with Gasteiger partial charge in [0.15, 0.2) is 0 Å². The second-order valence-corrected chi connectivity index (χ2v) is 9.59. The summed E-state index contributed by atoms with van der Waals surface area (Å²) in [6.07, 6.45) is 5.76. The van der Waals surface area contributed by atoms with Crippen LogP contribution in [0.3, 0.4) is 0 Å². The molecule has 1 saturated heterocycles. The predicted octanol–water partition coefficient (Wildman–Crippen LogP) is 2.91. The highest BCUT2D eigenvalue weighted by Crippen LogP contribution is 2.49. The summed E-state index contributed by atoms with van der Waals surface area (Å²) < 4.78 is 13.0. The number of thioether (sulfide) groups is 1. The van der Waals surface area contributed by atoms with Crippen LogP contribution in [0.15, 0.2) is 24.3 Å². The highest BCUT2D eigenvalue weighted by atomic mass is 32.2. The van der Waals surface area contributed by atoms with Crippen LogP contribution in [0.4, 0.5) is 4.39 Å². The molecule has 4 nitrogen and oxygen atoms in total. The van der Waals surface area contributed by atoms with Gasteiger partial charge in [-0.15, -0.1) is 11.8 Å². The van der Waals surface area contributed by atoms with E-state index in [1.807, 2.05) is 0 Å². The van der Waals surface area contributed by atoms with E-state index in [1.165, 1.54) is 49.6 Å². The standard InChI is InChI=1S/C21H27FN2O2S/c1-12(17-9-14-2-5-15(17)8-14)23-20(25)18-11-27-19(21(26)24-18)10-13-3-6-16(22)7-4-13/h3-4,6-7,12,14-15,17-19H,2,5,8-11H2,1H3,(H,23,25)(H,24,26)/t12-,14-,15-,17+,18+,19-/m1/s1. The number of hydrogen-bond acceptors (Lipinski definition) is 3. The second-order valence-electron chi connectivity index (χ2n) is 8.35. The van der Waals surface area contributed by atoms with Crippen LogP contribution in [0.5, 0.6) is 0 Å². The van der Waals surface area contributed by atoms with Crippen LogP contribution in [-0.2, 0) is 16.0 Å². The molecular formula is C21H27FN2O2S. The molecule has 1 aliphatic heterocycles. The molecule has 27 heavy (non-hydrogen) atoms. The summed E-state index contributed by atoms with van der Waals surface area (Å²) in [5.41, 5.74) is 0.928. The quantitative estimate of drug-likeness (QED) is 0.813. The molecule has 2 saturated carbocycles. The van der Waals surface area contributed by atoms with Gasteiger partial charge in [0.2, 0.25) is 11.8 Å². The van der Waals surface area contributed by atoms with Crippen LogP contribution < -0.4 is 10.6 Å². The normalized spacial score (nSPS) is 33.6. The van der Waals surface area contributed by atoms with Crippen molar-refractivity contribution >= 4 is 23.6 Å². The Morgan fingerprint density at radius 3 is 2.70 bits per heavy atom. The average molecular weight is 391 g/mol. The zero-order valence-corrected chi connectivity index (χ0v) is 16.4. The highest BCUT2D eigenvalue weighted by Gasteiger charge is 2.42. The van der Waals surface area contributed by atoms with Gasteiger partial charge in [-0.3, -0.25) is 9.59 Å². The van der Waals surface area contributed by atoms with Crippen molar-refractivity contribution in [3.8, 4) is 0 Å². The first-order valence-corrected chi connectivity index (χ1v) is 11.0. The molecule has 2 bridgehead atoms. The molecule has 6 atom stereocenters. The summed E-state index contributed by atoms with van der Waals surface area (Å²) >= 11 is 1.51. The minimum atomic E-state index is -0.465. The summed E-state index contributed by atoms with van der Waals surface area (Å²) in [5, 5.41) is 5.81. The molecular weight excluding hydrogens is 363 g/mol. The molecule has 1 aromatic carbocycles. The smallest absolute Gasteiger partial charge is 0.243 e. The van der Waals surface area contributed by atoms with Crippen molar-refractivity contribution in [1.82, 2.24) is 10.6 Å². The van der Waals surface area contributed by atoms with Gasteiger partial charge in [-0.05, 0) is 68.1 Å². The summed E-state index contributed by atoms with van der Waals surface area (Å²) in [7, 11) is 0. The van der Waals surface area contributed by atoms with Gasteiger partial charge in [-0.1, -0.05) is 18.6 Å². The molecule has 0 aromatic heterocycles. The lowest BCUT2D eigenvalue weighted by molar-refractivity contribution is -0.129. The Morgan fingerprint density at radius 2 is 2.07 bits per heavy atom. The molecule has 0 unspecified atom stereocenters. The summed E-state index contributed by atoms with van der Waals surface area (Å²) in [5.74, 6) is 2.34. The molecule has 0 spiro atoms. The van der Waals surface area contributed by atoms with Gasteiger partial charge in [-0.25, -0.2) is 4.39 Å². The average Bonchev–Trinajstić information content (AvgIpc) is 3.28. The van der Waals surface area contributed by atoms with E-state index in [2.05, 4.69) is 17.6 Å². The number of benzene rings is 1. The van der Waals surface area contributed by atoms with E-state index in [9.17, 15) is 14.0 Å². The largest absolute Gasteiger partial charge is 0.352 e. The van der Waals surface area contributed by atoms with Gasteiger partial charge in [0.1, 0.15) is 11.9 Å². The molecule has 2 N–H and O–H groups in total. The zero-order chi connectivity index (χ0) is 19.0. The zero-order valence-electron chi connectivity index (χ0n) is 15.6. The first-order chi connectivity index (χ1) is 13.0. The predicted molar refractivity (Wildman–Crippen MR) is 105 cm³/mol. The van der Waals surface area contributed by atoms with Gasteiger partial charge in [0.25, 0.3) is 0 Å². The third kappa shape index (κ3) is 4.15. The topological polar surface area (TPSA) is 58.2 Å². The molecule has 4 rings (SSSR count). The van der Waals surface area contributed by atoms with Crippen molar-refractivity contribution in [2.45, 2.75) is 56.4 Å². The lowest BCUT2D eigenvalue weighted by Crippen LogP contribution is -2.56. The van der Waals surface area contributed by atoms with E-state index in [-0.39, 0.29) is 28.9 Å². The summed E-state index contributed by atoms with van der Waals surface area (Å²) in [4.78, 5) is 25.1. The van der Waals surface area contributed by atoms with E-state index in [0.29, 0.717) is 18.1 Å². The Balaban J connectivity index is 1.28. The lowest BCUT2D eigenvalue weighted by Gasteiger charge is -2.32. The van der Waals surface area contributed by atoms with Crippen molar-refractivity contribution in [3.63, 3.8) is 0 Å². The maximum atomic E-state index is 13.0. The van der Waals surface area contributed by atoms with Crippen molar-refractivity contribution in [2.24, 2.45) is 17.8 Å². The highest BCUT2D eigenvalue weighted by molar-refractivity contribution is 8.00. The number of carbonyl (C=O) groups excluding carboxylic acids is 2. The van der Waals surface area contributed by atoms with E-state index in [4.69, 9.17) is 0 Å². The van der Waals surface area contributed by atoms with E-state index < -0.39 is 6.04 Å². The second kappa shape index (κ2) is 7.82. The first-order valence-electron chi connectivity index (χ1n) is 9.96. The molecule has 1 aromatic rings. The molecule has 2 amide bonds. The van der Waals surface area contributed by atoms with E-state index >= 15 is 0 Å². The van der Waals surface area contributed by atoms with Gasteiger partial charge < -0.3 is 10.6 Å². The molecule has 3 fully saturated rings. The van der Waals surface area contributed by atoms with Crippen LogP contribution in [-0.4, -0.2) is 34.9 Å². The minimum Gasteiger partial charge on any atom is -0.352 e. The third-order valence-electron chi connectivity index (χ3n) is 6.53. The molecule has 1 heterocycles. The molecule has 146 valence electrons. The SMILES string of the molecule is C[C@@H](NC(=O)[C@@H]1CS[C@H](Cc2ccc(F)cc2)C(=O)N1)[C@@H]1C[C@@H]2CC[C@@H]1C2. The molecule has 6 heteroatoms. The van der Waals surface area contributed by atoms with Crippen molar-refractivity contribution < 1.29 is 14.0 Å². The van der Waals surface area contributed by atoms with Crippen molar-refractivity contribution in [1.29, 1.82) is 0 Å². The Hall–Kier alpha value is -1.56. The number of nitrogens with one attached hydrogen (secondary N) is 2. The Kier molecular flexibility index (Phi) is 5.44. The minimum absolute atomic E-state index is 0.0636. The monoisotopic (exact) mass is 390 g/mol. The van der Waals surface area contributed by atoms with E-state index in [0.717, 1.165) is 17.4 Å². The van der Waals surface area contributed by atoms with Crippen LogP contribution >= 0.6 is 11.8 Å². The number of fused-ring (bicyclic) bond motifs is 2. The van der Waals surface area contributed by atoms with Crippen molar-refractivity contribution in [3.05, 3.63) is 35.6 Å². The Morgan fingerprint density at radius 1 is 1.30 bits per heavy atom.